The molecule has 3 unspecified atom stereocenters. The number of carbonyl (C=O) groups is 2. The first-order chi connectivity index (χ1) is 13.7. The molecule has 8 heteroatoms. The Bertz CT molecular complexity index is 1010. The van der Waals surface area contributed by atoms with Crippen LogP contribution in [0.1, 0.15) is 24.2 Å². The average Bonchev–Trinajstić information content (AvgIpc) is 3.48. The highest BCUT2D eigenvalue weighted by molar-refractivity contribution is 6.03. The number of nitrogens with zero attached hydrogens (tertiary/aromatic N) is 3. The van der Waals surface area contributed by atoms with E-state index in [4.69, 9.17) is 4.74 Å². The molecule has 0 saturated carbocycles. The number of hydrogen-bond donors (Lipinski definition) is 0. The normalized spacial score (nSPS) is 28.7. The molecule has 0 N–H and O–H groups in total. The number of benzene rings is 2. The Morgan fingerprint density at radius 3 is 2.28 bits per heavy atom. The van der Waals surface area contributed by atoms with Crippen molar-refractivity contribution in [1.29, 1.82) is 0 Å². The van der Waals surface area contributed by atoms with Gasteiger partial charge in [0.15, 0.2) is 6.10 Å². The molecule has 2 fully saturated rings. The molecule has 2 aromatic rings. The number of para-hydroxylation sites is 1. The van der Waals surface area contributed by atoms with Crippen LogP contribution in [0, 0.1) is 10.1 Å². The van der Waals surface area contributed by atoms with Crippen LogP contribution in [0.3, 0.4) is 0 Å². The fraction of sp³-hybridized carbons (Fsp3) is 0.333. The molecule has 1 spiro atoms. The summed E-state index contributed by atoms with van der Waals surface area (Å²) in [6, 6.07) is 15.6. The Balaban J connectivity index is 1.69. The first-order valence-corrected chi connectivity index (χ1v) is 9.25. The molecule has 8 nitrogen and oxygen atoms in total. The smallest absolute Gasteiger partial charge is 0.280 e. The molecule has 2 aliphatic heterocycles. The number of hydrogen-bond acceptors (Lipinski definition) is 5. The fourth-order valence-electron chi connectivity index (χ4n) is 4.16. The second-order valence-electron chi connectivity index (χ2n) is 7.67. The Hall–Kier alpha value is -3.26. The molecular formula is C21H21N3O5. The lowest BCUT2D eigenvalue weighted by molar-refractivity contribution is -0.385. The third-order valence-electron chi connectivity index (χ3n) is 6.02. The SMILES string of the molecule is CN1C(=O)C2(OC2c2ccccc2[N+](=O)[O-])N(C)C(=O)C1(C)Cc1ccccc1. The number of ether oxygens (including phenoxy) is 1. The van der Waals surface area contributed by atoms with E-state index in [1.165, 1.54) is 22.9 Å². The number of piperazine rings is 1. The van der Waals surface area contributed by atoms with E-state index >= 15 is 0 Å². The van der Waals surface area contributed by atoms with Crippen LogP contribution in [0.5, 0.6) is 0 Å². The minimum atomic E-state index is -1.55. The lowest BCUT2D eigenvalue weighted by Crippen LogP contribution is -2.71. The maximum atomic E-state index is 13.4. The van der Waals surface area contributed by atoms with E-state index in [1.807, 2.05) is 30.3 Å². The van der Waals surface area contributed by atoms with Crippen molar-refractivity contribution in [2.45, 2.75) is 30.7 Å². The van der Waals surface area contributed by atoms with Gasteiger partial charge in [-0.25, -0.2) is 0 Å². The van der Waals surface area contributed by atoms with Crippen LogP contribution in [0.2, 0.25) is 0 Å². The van der Waals surface area contributed by atoms with Gasteiger partial charge in [-0.1, -0.05) is 42.5 Å². The fourth-order valence-corrected chi connectivity index (χ4v) is 4.16. The molecule has 2 heterocycles. The van der Waals surface area contributed by atoms with E-state index in [1.54, 1.807) is 32.2 Å². The van der Waals surface area contributed by atoms with Gasteiger partial charge in [0.2, 0.25) is 0 Å². The third kappa shape index (κ3) is 2.63. The highest BCUT2D eigenvalue weighted by atomic mass is 16.6. The summed E-state index contributed by atoms with van der Waals surface area (Å²) in [5.41, 5.74) is -1.56. The summed E-state index contributed by atoms with van der Waals surface area (Å²) in [5.74, 6) is -0.661. The predicted molar refractivity (Wildman–Crippen MR) is 104 cm³/mol. The molecule has 2 saturated heterocycles. The standard InChI is InChI=1S/C21H21N3O5/c1-20(13-14-9-5-4-6-10-14)18(25)23(3)21(19(26)22(20)2)17(29-21)15-11-7-8-12-16(15)24(27)28/h4-12,17H,13H2,1-3H3. The van der Waals surface area contributed by atoms with Crippen molar-refractivity contribution >= 4 is 17.5 Å². The molecule has 0 aliphatic carbocycles. The summed E-state index contributed by atoms with van der Waals surface area (Å²) >= 11 is 0. The Morgan fingerprint density at radius 1 is 1.00 bits per heavy atom. The Morgan fingerprint density at radius 2 is 1.62 bits per heavy atom. The van der Waals surface area contributed by atoms with Crippen molar-refractivity contribution in [2.24, 2.45) is 0 Å². The zero-order chi connectivity index (χ0) is 21.0. The van der Waals surface area contributed by atoms with E-state index in [9.17, 15) is 19.7 Å². The third-order valence-corrected chi connectivity index (χ3v) is 6.02. The number of likely N-dealkylation sites (N-methyl/N-ethyl adjacent to an activating group) is 2. The van der Waals surface area contributed by atoms with Crippen LogP contribution < -0.4 is 0 Å². The molecule has 150 valence electrons. The zero-order valence-electron chi connectivity index (χ0n) is 16.4. The largest absolute Gasteiger partial charge is 0.330 e. The summed E-state index contributed by atoms with van der Waals surface area (Å²) in [7, 11) is 3.10. The highest BCUT2D eigenvalue weighted by Crippen LogP contribution is 2.57. The van der Waals surface area contributed by atoms with Crippen molar-refractivity contribution in [3.8, 4) is 0 Å². The predicted octanol–water partition coefficient (Wildman–Crippen LogP) is 2.29. The zero-order valence-corrected chi connectivity index (χ0v) is 16.4. The molecular weight excluding hydrogens is 374 g/mol. The maximum Gasteiger partial charge on any atom is 0.280 e. The van der Waals surface area contributed by atoms with Crippen LogP contribution in [-0.4, -0.2) is 51.9 Å². The lowest BCUT2D eigenvalue weighted by atomic mass is 9.85. The van der Waals surface area contributed by atoms with Crippen LogP contribution in [-0.2, 0) is 20.7 Å². The van der Waals surface area contributed by atoms with E-state index < -0.39 is 22.3 Å². The minimum absolute atomic E-state index is 0.136. The number of nitro groups is 1. The summed E-state index contributed by atoms with van der Waals surface area (Å²) in [6.45, 7) is 1.73. The molecule has 3 atom stereocenters. The van der Waals surface area contributed by atoms with Gasteiger partial charge in [-0.2, -0.15) is 0 Å². The van der Waals surface area contributed by atoms with Crippen LogP contribution in [0.15, 0.2) is 54.6 Å². The number of nitro benzene ring substituents is 1. The minimum Gasteiger partial charge on any atom is -0.330 e. The molecule has 29 heavy (non-hydrogen) atoms. The van der Waals surface area contributed by atoms with Crippen molar-refractivity contribution in [2.75, 3.05) is 14.1 Å². The summed E-state index contributed by atoms with van der Waals surface area (Å²) in [4.78, 5) is 40.4. The van der Waals surface area contributed by atoms with Gasteiger partial charge in [0.25, 0.3) is 23.2 Å². The molecule has 0 aromatic heterocycles. The summed E-state index contributed by atoms with van der Waals surface area (Å²) in [5, 5.41) is 11.4. The first-order valence-electron chi connectivity index (χ1n) is 9.25. The maximum absolute atomic E-state index is 13.4. The molecule has 0 radical (unpaired) electrons. The van der Waals surface area contributed by atoms with Gasteiger partial charge in [-0.15, -0.1) is 0 Å². The van der Waals surface area contributed by atoms with E-state index in [0.717, 1.165) is 5.56 Å². The van der Waals surface area contributed by atoms with Crippen molar-refractivity contribution < 1.29 is 19.2 Å². The average molecular weight is 395 g/mol. The van der Waals surface area contributed by atoms with Gasteiger partial charge in [0.05, 0.1) is 10.5 Å². The quantitative estimate of drug-likeness (QED) is 0.450. The van der Waals surface area contributed by atoms with Gasteiger partial charge in [0, 0.05) is 26.6 Å². The topological polar surface area (TPSA) is 96.3 Å². The highest BCUT2D eigenvalue weighted by Gasteiger charge is 2.74. The number of carbonyl (C=O) groups excluding carboxylic acids is 2. The Labute approximate surface area is 167 Å². The van der Waals surface area contributed by atoms with Crippen molar-refractivity contribution in [3.05, 3.63) is 75.8 Å². The second-order valence-corrected chi connectivity index (χ2v) is 7.67. The van der Waals surface area contributed by atoms with Gasteiger partial charge in [-0.3, -0.25) is 19.7 Å². The van der Waals surface area contributed by atoms with E-state index in [-0.39, 0.29) is 23.1 Å². The molecule has 2 amide bonds. The molecule has 0 bridgehead atoms. The van der Waals surface area contributed by atoms with Crippen LogP contribution in [0.4, 0.5) is 5.69 Å². The molecule has 4 rings (SSSR count). The lowest BCUT2D eigenvalue weighted by Gasteiger charge is -2.47. The second kappa shape index (κ2) is 6.38. The molecule has 2 aliphatic rings. The molecule has 2 aromatic carbocycles. The number of epoxide rings is 1. The van der Waals surface area contributed by atoms with Gasteiger partial charge in [-0.05, 0) is 18.6 Å². The van der Waals surface area contributed by atoms with Crippen LogP contribution in [0.25, 0.3) is 0 Å². The number of amides is 2. The number of rotatable bonds is 4. The van der Waals surface area contributed by atoms with Crippen molar-refractivity contribution in [3.63, 3.8) is 0 Å². The van der Waals surface area contributed by atoms with Gasteiger partial charge < -0.3 is 14.5 Å². The van der Waals surface area contributed by atoms with E-state index in [0.29, 0.717) is 6.42 Å². The van der Waals surface area contributed by atoms with Gasteiger partial charge >= 0.3 is 0 Å². The first kappa shape index (κ1) is 19.1. The summed E-state index contributed by atoms with van der Waals surface area (Å²) in [6.07, 6.45) is -0.528. The van der Waals surface area contributed by atoms with Gasteiger partial charge in [0.1, 0.15) is 5.54 Å². The van der Waals surface area contributed by atoms with E-state index in [2.05, 4.69) is 0 Å². The Kier molecular flexibility index (Phi) is 4.20. The van der Waals surface area contributed by atoms with Crippen LogP contribution >= 0.6 is 0 Å². The summed E-state index contributed by atoms with van der Waals surface area (Å²) < 4.78 is 5.74. The monoisotopic (exact) mass is 395 g/mol. The van der Waals surface area contributed by atoms with Crippen molar-refractivity contribution in [1.82, 2.24) is 9.80 Å².